The van der Waals surface area contributed by atoms with Crippen LogP contribution in [0.2, 0.25) is 5.02 Å². The second-order valence-corrected chi connectivity index (χ2v) is 5.87. The van der Waals surface area contributed by atoms with Crippen molar-refractivity contribution >= 4 is 22.9 Å². The van der Waals surface area contributed by atoms with Crippen molar-refractivity contribution in [2.24, 2.45) is 0 Å². The number of hydrogen-bond donors (Lipinski definition) is 2. The van der Waals surface area contributed by atoms with Gasteiger partial charge in [0.25, 0.3) is 0 Å². The highest BCUT2D eigenvalue weighted by Crippen LogP contribution is 2.24. The lowest BCUT2D eigenvalue weighted by atomic mass is 10.1. The molecule has 1 atom stereocenters. The first-order valence-electron chi connectivity index (χ1n) is 5.79. The molecule has 1 unspecified atom stereocenters. The molecule has 2 N–H and O–H groups in total. The van der Waals surface area contributed by atoms with Crippen LogP contribution in [0.15, 0.2) is 41.8 Å². The van der Waals surface area contributed by atoms with Crippen LogP contribution >= 0.6 is 22.9 Å². The van der Waals surface area contributed by atoms with Crippen LogP contribution in [0, 0.1) is 0 Å². The van der Waals surface area contributed by atoms with E-state index in [4.69, 9.17) is 11.6 Å². The van der Waals surface area contributed by atoms with Crippen molar-refractivity contribution < 1.29 is 5.11 Å². The average Bonchev–Trinajstić information content (AvgIpc) is 2.83. The molecule has 0 spiro atoms. The highest BCUT2D eigenvalue weighted by Gasteiger charge is 2.23. The molecular weight excluding hydrogens is 266 g/mol. The summed E-state index contributed by atoms with van der Waals surface area (Å²) in [5.74, 6) is 0. The molecule has 4 heteroatoms. The number of thiophene rings is 1. The smallest absolute Gasteiger partial charge is 0.108 e. The Bertz CT molecular complexity index is 496. The molecule has 2 nitrogen and oxygen atoms in total. The summed E-state index contributed by atoms with van der Waals surface area (Å²) in [6.45, 7) is 3.03. The van der Waals surface area contributed by atoms with Gasteiger partial charge in [0.2, 0.25) is 0 Å². The van der Waals surface area contributed by atoms with Crippen molar-refractivity contribution in [3.05, 3.63) is 57.2 Å². The number of halogens is 1. The summed E-state index contributed by atoms with van der Waals surface area (Å²) in [5.41, 5.74) is 0.289. The number of aliphatic hydroxyl groups is 1. The van der Waals surface area contributed by atoms with Crippen molar-refractivity contribution in [1.82, 2.24) is 5.32 Å². The van der Waals surface area contributed by atoms with Crippen LogP contribution in [-0.4, -0.2) is 11.7 Å². The number of nitrogens with one attached hydrogen (secondary N) is 1. The van der Waals surface area contributed by atoms with E-state index in [9.17, 15) is 5.11 Å². The highest BCUT2D eigenvalue weighted by atomic mass is 35.5. The normalized spacial score (nSPS) is 14.4. The molecule has 0 amide bonds. The molecule has 0 fully saturated rings. The zero-order chi connectivity index (χ0) is 13.0. The van der Waals surface area contributed by atoms with E-state index in [0.29, 0.717) is 13.1 Å². The van der Waals surface area contributed by atoms with Gasteiger partial charge in [0.15, 0.2) is 0 Å². The molecule has 0 aliphatic carbocycles. The van der Waals surface area contributed by atoms with E-state index in [0.717, 1.165) is 15.5 Å². The third kappa shape index (κ3) is 3.56. The van der Waals surface area contributed by atoms with Crippen molar-refractivity contribution in [3.63, 3.8) is 0 Å². The van der Waals surface area contributed by atoms with Crippen molar-refractivity contribution in [1.29, 1.82) is 0 Å². The van der Waals surface area contributed by atoms with Crippen LogP contribution in [0.5, 0.6) is 0 Å². The molecule has 2 aromatic rings. The molecule has 1 heterocycles. The summed E-state index contributed by atoms with van der Waals surface area (Å²) in [5, 5.41) is 16.3. The fourth-order valence-corrected chi connectivity index (χ4v) is 2.77. The maximum absolute atomic E-state index is 10.3. The van der Waals surface area contributed by atoms with Crippen LogP contribution in [0.1, 0.15) is 17.4 Å². The predicted octanol–water partition coefficient (Wildman–Crippen LogP) is 3.40. The Hall–Kier alpha value is -0.870. The SMILES string of the molecule is CC(O)(CNCc1cccc(Cl)c1)c1cccs1. The zero-order valence-electron chi connectivity index (χ0n) is 10.2. The lowest BCUT2D eigenvalue weighted by Gasteiger charge is -2.22. The largest absolute Gasteiger partial charge is 0.383 e. The Morgan fingerprint density at radius 1 is 1.33 bits per heavy atom. The second-order valence-electron chi connectivity index (χ2n) is 4.48. The first-order valence-corrected chi connectivity index (χ1v) is 7.05. The standard InChI is InChI=1S/C14H16ClNOS/c1-14(17,13-6-3-7-18-13)10-16-9-11-4-2-5-12(15)8-11/h2-8,16-17H,9-10H2,1H3. The summed E-state index contributed by atoms with van der Waals surface area (Å²) in [6, 6.07) is 11.6. The Kier molecular flexibility index (Phi) is 4.40. The van der Waals surface area contributed by atoms with Crippen molar-refractivity contribution in [3.8, 4) is 0 Å². The summed E-state index contributed by atoms with van der Waals surface area (Å²) >= 11 is 7.49. The molecule has 1 aromatic carbocycles. The van der Waals surface area contributed by atoms with Gasteiger partial charge in [0.1, 0.15) is 5.60 Å². The molecule has 0 bridgehead atoms. The lowest BCUT2D eigenvalue weighted by Crippen LogP contribution is -2.34. The van der Waals surface area contributed by atoms with E-state index in [1.807, 2.05) is 48.7 Å². The minimum Gasteiger partial charge on any atom is -0.383 e. The molecular formula is C14H16ClNOS. The quantitative estimate of drug-likeness (QED) is 0.880. The summed E-state index contributed by atoms with van der Waals surface area (Å²) in [4.78, 5) is 0.973. The fraction of sp³-hybridized carbons (Fsp3) is 0.286. The van der Waals surface area contributed by atoms with Gasteiger partial charge in [-0.3, -0.25) is 0 Å². The van der Waals surface area contributed by atoms with Crippen LogP contribution in [0.4, 0.5) is 0 Å². The lowest BCUT2D eigenvalue weighted by molar-refractivity contribution is 0.0604. The topological polar surface area (TPSA) is 32.3 Å². The van der Waals surface area contributed by atoms with Crippen LogP contribution in [0.25, 0.3) is 0 Å². The molecule has 2 rings (SSSR count). The first-order chi connectivity index (χ1) is 8.58. The molecule has 0 aliphatic rings. The minimum atomic E-state index is -0.827. The molecule has 0 saturated heterocycles. The zero-order valence-corrected chi connectivity index (χ0v) is 11.8. The van der Waals surface area contributed by atoms with Crippen molar-refractivity contribution in [2.45, 2.75) is 19.1 Å². The predicted molar refractivity (Wildman–Crippen MR) is 77.0 cm³/mol. The molecule has 0 aliphatic heterocycles. The van der Waals surface area contributed by atoms with E-state index in [2.05, 4.69) is 5.32 Å². The van der Waals surface area contributed by atoms with Gasteiger partial charge in [0, 0.05) is 23.0 Å². The van der Waals surface area contributed by atoms with Gasteiger partial charge in [-0.25, -0.2) is 0 Å². The maximum atomic E-state index is 10.3. The van der Waals surface area contributed by atoms with Crippen LogP contribution in [0.3, 0.4) is 0 Å². The van der Waals surface area contributed by atoms with Gasteiger partial charge in [0.05, 0.1) is 0 Å². The van der Waals surface area contributed by atoms with Crippen LogP contribution in [-0.2, 0) is 12.1 Å². The molecule has 0 radical (unpaired) electrons. The Balaban J connectivity index is 1.89. The molecule has 96 valence electrons. The van der Waals surface area contributed by atoms with E-state index in [-0.39, 0.29) is 0 Å². The Morgan fingerprint density at radius 3 is 2.83 bits per heavy atom. The molecule has 1 aromatic heterocycles. The van der Waals surface area contributed by atoms with E-state index in [1.165, 1.54) is 0 Å². The van der Waals surface area contributed by atoms with E-state index in [1.54, 1.807) is 11.3 Å². The van der Waals surface area contributed by atoms with Gasteiger partial charge in [-0.2, -0.15) is 0 Å². The Labute approximate surface area is 116 Å². The fourth-order valence-electron chi connectivity index (χ4n) is 1.77. The first kappa shape index (κ1) is 13.6. The van der Waals surface area contributed by atoms with E-state index < -0.39 is 5.60 Å². The minimum absolute atomic E-state index is 0.514. The van der Waals surface area contributed by atoms with Gasteiger partial charge in [-0.05, 0) is 36.1 Å². The third-order valence-electron chi connectivity index (χ3n) is 2.74. The molecule has 0 saturated carbocycles. The average molecular weight is 282 g/mol. The van der Waals surface area contributed by atoms with Gasteiger partial charge in [-0.1, -0.05) is 29.8 Å². The third-order valence-corrected chi connectivity index (χ3v) is 4.10. The summed E-state index contributed by atoms with van der Waals surface area (Å²) in [6.07, 6.45) is 0. The Morgan fingerprint density at radius 2 is 2.17 bits per heavy atom. The number of benzene rings is 1. The van der Waals surface area contributed by atoms with E-state index >= 15 is 0 Å². The molecule has 18 heavy (non-hydrogen) atoms. The monoisotopic (exact) mass is 281 g/mol. The van der Waals surface area contributed by atoms with Gasteiger partial charge in [-0.15, -0.1) is 11.3 Å². The van der Waals surface area contributed by atoms with Gasteiger partial charge >= 0.3 is 0 Å². The second kappa shape index (κ2) is 5.85. The summed E-state index contributed by atoms with van der Waals surface area (Å²) < 4.78 is 0. The van der Waals surface area contributed by atoms with Gasteiger partial charge < -0.3 is 10.4 Å². The maximum Gasteiger partial charge on any atom is 0.108 e. The summed E-state index contributed by atoms with van der Waals surface area (Å²) in [7, 11) is 0. The highest BCUT2D eigenvalue weighted by molar-refractivity contribution is 7.10. The van der Waals surface area contributed by atoms with Crippen LogP contribution < -0.4 is 5.32 Å². The van der Waals surface area contributed by atoms with Crippen molar-refractivity contribution in [2.75, 3.05) is 6.54 Å². The number of hydrogen-bond acceptors (Lipinski definition) is 3. The number of rotatable bonds is 5.